The lowest BCUT2D eigenvalue weighted by molar-refractivity contribution is 0.492. The molecule has 1 nitrogen and oxygen atoms in total. The second kappa shape index (κ2) is 5.98. The second-order valence-electron chi connectivity index (χ2n) is 5.08. The Morgan fingerprint density at radius 1 is 0.895 bits per heavy atom. The van der Waals surface area contributed by atoms with Crippen LogP contribution in [0.2, 0.25) is 0 Å². The number of aryl methyl sites for hydroxylation is 1. The Morgan fingerprint density at radius 3 is 2.16 bits per heavy atom. The van der Waals surface area contributed by atoms with Gasteiger partial charge in [-0.25, -0.2) is 4.39 Å². The maximum Gasteiger partial charge on any atom is 0.123 e. The molecule has 0 radical (unpaired) electrons. The van der Waals surface area contributed by atoms with Gasteiger partial charge in [-0.1, -0.05) is 42.0 Å². The van der Waals surface area contributed by atoms with Gasteiger partial charge in [0.2, 0.25) is 0 Å². The molecular formula is C17H20FN. The van der Waals surface area contributed by atoms with Crippen LogP contribution in [0.5, 0.6) is 0 Å². The molecule has 0 amide bonds. The Bertz CT molecular complexity index is 533. The van der Waals surface area contributed by atoms with Crippen LogP contribution < -0.4 is 5.32 Å². The molecule has 0 fully saturated rings. The molecule has 2 atom stereocenters. The molecule has 2 unspecified atom stereocenters. The molecule has 0 bridgehead atoms. The zero-order valence-corrected chi connectivity index (χ0v) is 11.7. The van der Waals surface area contributed by atoms with Crippen molar-refractivity contribution >= 4 is 0 Å². The predicted octanol–water partition coefficient (Wildman–Crippen LogP) is 4.55. The van der Waals surface area contributed by atoms with Gasteiger partial charge in [0.15, 0.2) is 0 Å². The van der Waals surface area contributed by atoms with E-state index in [1.54, 1.807) is 12.1 Å². The number of nitrogens with one attached hydrogen (secondary N) is 1. The van der Waals surface area contributed by atoms with Crippen LogP contribution in [-0.2, 0) is 0 Å². The predicted molar refractivity (Wildman–Crippen MR) is 77.5 cm³/mol. The summed E-state index contributed by atoms with van der Waals surface area (Å²) in [5.41, 5.74) is 3.47. The molecule has 0 saturated carbocycles. The van der Waals surface area contributed by atoms with E-state index in [0.717, 1.165) is 5.56 Å². The number of rotatable bonds is 4. The van der Waals surface area contributed by atoms with Crippen LogP contribution in [0.3, 0.4) is 0 Å². The summed E-state index contributed by atoms with van der Waals surface area (Å²) in [5.74, 6) is -0.186. The summed E-state index contributed by atoms with van der Waals surface area (Å²) >= 11 is 0. The highest BCUT2D eigenvalue weighted by atomic mass is 19.1. The summed E-state index contributed by atoms with van der Waals surface area (Å²) < 4.78 is 13.2. The van der Waals surface area contributed by atoms with Crippen molar-refractivity contribution < 1.29 is 4.39 Å². The topological polar surface area (TPSA) is 12.0 Å². The van der Waals surface area contributed by atoms with Crippen LogP contribution in [-0.4, -0.2) is 0 Å². The number of hydrogen-bond acceptors (Lipinski definition) is 1. The minimum absolute atomic E-state index is 0.118. The highest BCUT2D eigenvalue weighted by Gasteiger charge is 2.11. The van der Waals surface area contributed by atoms with Gasteiger partial charge in [-0.3, -0.25) is 0 Å². The van der Waals surface area contributed by atoms with Crippen molar-refractivity contribution in [2.45, 2.75) is 32.9 Å². The standard InChI is InChI=1S/C17H20FN/c1-12-7-9-15(10-8-12)13(2)19-14(3)16-5-4-6-17(18)11-16/h4-11,13-14,19H,1-3H3. The van der Waals surface area contributed by atoms with Crippen molar-refractivity contribution in [2.75, 3.05) is 0 Å². The van der Waals surface area contributed by atoms with Crippen LogP contribution in [0.4, 0.5) is 4.39 Å². The van der Waals surface area contributed by atoms with E-state index in [-0.39, 0.29) is 17.9 Å². The van der Waals surface area contributed by atoms with Crippen molar-refractivity contribution in [3.05, 3.63) is 71.0 Å². The van der Waals surface area contributed by atoms with Crippen LogP contribution in [0.15, 0.2) is 48.5 Å². The lowest BCUT2D eigenvalue weighted by Crippen LogP contribution is -2.22. The molecule has 0 saturated heterocycles. The highest BCUT2D eigenvalue weighted by Crippen LogP contribution is 2.20. The zero-order chi connectivity index (χ0) is 13.8. The third-order valence-electron chi connectivity index (χ3n) is 3.43. The first-order valence-corrected chi connectivity index (χ1v) is 6.64. The summed E-state index contributed by atoms with van der Waals surface area (Å²) in [6.45, 7) is 6.26. The number of benzene rings is 2. The second-order valence-corrected chi connectivity index (χ2v) is 5.08. The Labute approximate surface area is 114 Å². The van der Waals surface area contributed by atoms with Gasteiger partial charge in [0.05, 0.1) is 0 Å². The van der Waals surface area contributed by atoms with E-state index >= 15 is 0 Å². The minimum Gasteiger partial charge on any atom is -0.304 e. The maximum atomic E-state index is 13.2. The van der Waals surface area contributed by atoms with Crippen LogP contribution in [0.1, 0.15) is 42.6 Å². The molecule has 0 spiro atoms. The van der Waals surface area contributed by atoms with E-state index in [1.165, 1.54) is 17.2 Å². The van der Waals surface area contributed by atoms with Gasteiger partial charge in [-0.05, 0) is 44.0 Å². The molecule has 2 rings (SSSR count). The van der Waals surface area contributed by atoms with Gasteiger partial charge in [0.1, 0.15) is 5.82 Å². The van der Waals surface area contributed by atoms with E-state index in [2.05, 4.69) is 50.4 Å². The summed E-state index contributed by atoms with van der Waals surface area (Å²) in [5, 5.41) is 3.49. The van der Waals surface area contributed by atoms with Crippen LogP contribution in [0.25, 0.3) is 0 Å². The fourth-order valence-corrected chi connectivity index (χ4v) is 2.20. The molecule has 0 heterocycles. The Balaban J connectivity index is 2.06. The fraction of sp³-hybridized carbons (Fsp3) is 0.294. The first-order chi connectivity index (χ1) is 9.06. The summed E-state index contributed by atoms with van der Waals surface area (Å²) in [7, 11) is 0. The molecule has 19 heavy (non-hydrogen) atoms. The van der Waals surface area contributed by atoms with Crippen molar-refractivity contribution in [1.29, 1.82) is 0 Å². The van der Waals surface area contributed by atoms with E-state index < -0.39 is 0 Å². The van der Waals surface area contributed by atoms with Gasteiger partial charge in [-0.2, -0.15) is 0 Å². The van der Waals surface area contributed by atoms with Crippen molar-refractivity contribution in [1.82, 2.24) is 5.32 Å². The van der Waals surface area contributed by atoms with Crippen LogP contribution in [0, 0.1) is 12.7 Å². The quantitative estimate of drug-likeness (QED) is 0.847. The van der Waals surface area contributed by atoms with E-state index in [4.69, 9.17) is 0 Å². The number of hydrogen-bond donors (Lipinski definition) is 1. The molecule has 0 aliphatic rings. The lowest BCUT2D eigenvalue weighted by Gasteiger charge is -2.21. The van der Waals surface area contributed by atoms with Gasteiger partial charge < -0.3 is 5.32 Å². The first kappa shape index (κ1) is 13.8. The Hall–Kier alpha value is -1.67. The fourth-order valence-electron chi connectivity index (χ4n) is 2.20. The molecule has 0 aliphatic heterocycles. The largest absolute Gasteiger partial charge is 0.304 e. The van der Waals surface area contributed by atoms with E-state index in [9.17, 15) is 4.39 Å². The highest BCUT2D eigenvalue weighted by molar-refractivity contribution is 5.25. The van der Waals surface area contributed by atoms with Crippen molar-refractivity contribution in [2.24, 2.45) is 0 Å². The SMILES string of the molecule is Cc1ccc(C(C)NC(C)c2cccc(F)c2)cc1. The van der Waals surface area contributed by atoms with E-state index in [0.29, 0.717) is 0 Å². The third-order valence-corrected chi connectivity index (χ3v) is 3.43. The monoisotopic (exact) mass is 257 g/mol. The average Bonchev–Trinajstić information content (AvgIpc) is 2.39. The summed E-state index contributed by atoms with van der Waals surface area (Å²) in [6.07, 6.45) is 0. The molecule has 2 aromatic rings. The molecule has 2 aromatic carbocycles. The maximum absolute atomic E-state index is 13.2. The number of halogens is 1. The zero-order valence-electron chi connectivity index (χ0n) is 11.7. The molecule has 1 N–H and O–H groups in total. The normalized spacial score (nSPS) is 14.1. The average molecular weight is 257 g/mol. The minimum atomic E-state index is -0.186. The Morgan fingerprint density at radius 2 is 1.53 bits per heavy atom. The van der Waals surface area contributed by atoms with Crippen molar-refractivity contribution in [3.8, 4) is 0 Å². The third kappa shape index (κ3) is 3.65. The van der Waals surface area contributed by atoms with E-state index in [1.807, 2.05) is 6.07 Å². The summed E-state index contributed by atoms with van der Waals surface area (Å²) in [6, 6.07) is 15.6. The lowest BCUT2D eigenvalue weighted by atomic mass is 10.0. The van der Waals surface area contributed by atoms with Gasteiger partial charge >= 0.3 is 0 Å². The smallest absolute Gasteiger partial charge is 0.123 e. The Kier molecular flexibility index (Phi) is 4.33. The van der Waals surface area contributed by atoms with Gasteiger partial charge in [0.25, 0.3) is 0 Å². The molecular weight excluding hydrogens is 237 g/mol. The first-order valence-electron chi connectivity index (χ1n) is 6.64. The van der Waals surface area contributed by atoms with Crippen molar-refractivity contribution in [3.63, 3.8) is 0 Å². The molecule has 100 valence electrons. The molecule has 0 aliphatic carbocycles. The molecule has 0 aromatic heterocycles. The van der Waals surface area contributed by atoms with Gasteiger partial charge in [-0.15, -0.1) is 0 Å². The van der Waals surface area contributed by atoms with Crippen LogP contribution >= 0.6 is 0 Å². The summed E-state index contributed by atoms with van der Waals surface area (Å²) in [4.78, 5) is 0. The van der Waals surface area contributed by atoms with Gasteiger partial charge in [0, 0.05) is 12.1 Å². The molecule has 2 heteroatoms.